The van der Waals surface area contributed by atoms with Gasteiger partial charge in [-0.15, -0.1) is 0 Å². The minimum absolute atomic E-state index is 0.0602. The van der Waals surface area contributed by atoms with Gasteiger partial charge >= 0.3 is 0 Å². The van der Waals surface area contributed by atoms with Crippen LogP contribution in [-0.2, 0) is 0 Å². The topological polar surface area (TPSA) is 45.0 Å². The zero-order chi connectivity index (χ0) is 14.4. The number of hydrogen-bond donors (Lipinski definition) is 1. The summed E-state index contributed by atoms with van der Waals surface area (Å²) in [7, 11) is 0. The molecule has 2 rings (SSSR count). The number of rotatable bonds is 5. The van der Waals surface area contributed by atoms with Gasteiger partial charge in [-0.3, -0.25) is 0 Å². The lowest BCUT2D eigenvalue weighted by molar-refractivity contribution is 0.368. The molecular formula is C16H15BrN2O. The summed E-state index contributed by atoms with van der Waals surface area (Å²) in [6, 6.07) is 18.0. The van der Waals surface area contributed by atoms with Gasteiger partial charge in [0.2, 0.25) is 0 Å². The molecule has 0 aliphatic heterocycles. The van der Waals surface area contributed by atoms with E-state index in [2.05, 4.69) is 40.3 Å². The van der Waals surface area contributed by atoms with Crippen LogP contribution in [-0.4, -0.2) is 6.61 Å². The lowest BCUT2D eigenvalue weighted by Gasteiger charge is -2.16. The van der Waals surface area contributed by atoms with E-state index in [-0.39, 0.29) is 12.6 Å². The Kier molecular flexibility index (Phi) is 5.03. The summed E-state index contributed by atoms with van der Waals surface area (Å²) in [5.41, 5.74) is 2.16. The maximum Gasteiger partial charge on any atom is 0.174 e. The fraction of sp³-hybridized carbons (Fsp3) is 0.188. The van der Waals surface area contributed by atoms with Crippen LogP contribution in [0.5, 0.6) is 5.75 Å². The van der Waals surface area contributed by atoms with Gasteiger partial charge in [-0.1, -0.05) is 34.1 Å². The minimum atomic E-state index is 0.0602. The molecule has 2 aromatic carbocycles. The van der Waals surface area contributed by atoms with Crippen LogP contribution in [0.15, 0.2) is 53.0 Å². The second kappa shape index (κ2) is 6.97. The third-order valence-electron chi connectivity index (χ3n) is 2.87. The van der Waals surface area contributed by atoms with Gasteiger partial charge < -0.3 is 10.1 Å². The van der Waals surface area contributed by atoms with Crippen molar-refractivity contribution < 1.29 is 4.74 Å². The Balaban J connectivity index is 2.08. The standard InChI is InChI=1S/C16H15BrN2O/c1-12(13-4-2-5-14(17)10-13)19-15-6-3-7-16(11-15)20-9-8-18/h2-7,10-12,19H,9H2,1H3. The highest BCUT2D eigenvalue weighted by atomic mass is 79.9. The molecule has 0 aliphatic carbocycles. The Morgan fingerprint density at radius 1 is 1.25 bits per heavy atom. The molecule has 102 valence electrons. The van der Waals surface area contributed by atoms with Gasteiger partial charge in [0.25, 0.3) is 0 Å². The number of nitrogens with zero attached hydrogens (tertiary/aromatic N) is 1. The van der Waals surface area contributed by atoms with E-state index < -0.39 is 0 Å². The highest BCUT2D eigenvalue weighted by Crippen LogP contribution is 2.24. The van der Waals surface area contributed by atoms with Crippen molar-refractivity contribution in [3.8, 4) is 11.8 Å². The summed E-state index contributed by atoms with van der Waals surface area (Å²) >= 11 is 3.48. The number of nitrogens with one attached hydrogen (secondary N) is 1. The van der Waals surface area contributed by atoms with Crippen molar-refractivity contribution in [2.75, 3.05) is 11.9 Å². The molecule has 0 amide bonds. The molecule has 1 N–H and O–H groups in total. The van der Waals surface area contributed by atoms with Gasteiger partial charge in [0, 0.05) is 22.3 Å². The maximum atomic E-state index is 8.52. The summed E-state index contributed by atoms with van der Waals surface area (Å²) < 4.78 is 6.36. The third kappa shape index (κ3) is 4.01. The van der Waals surface area contributed by atoms with E-state index in [0.29, 0.717) is 5.75 Å². The van der Waals surface area contributed by atoms with Crippen molar-refractivity contribution in [2.45, 2.75) is 13.0 Å². The minimum Gasteiger partial charge on any atom is -0.479 e. The van der Waals surface area contributed by atoms with Crippen molar-refractivity contribution in [1.29, 1.82) is 5.26 Å². The Bertz CT molecular complexity index is 622. The van der Waals surface area contributed by atoms with Crippen LogP contribution in [0.4, 0.5) is 5.69 Å². The van der Waals surface area contributed by atoms with Gasteiger partial charge in [-0.05, 0) is 36.8 Å². The molecule has 0 aliphatic rings. The van der Waals surface area contributed by atoms with Crippen LogP contribution >= 0.6 is 15.9 Å². The molecule has 1 unspecified atom stereocenters. The Hall–Kier alpha value is -1.99. The van der Waals surface area contributed by atoms with E-state index >= 15 is 0 Å². The van der Waals surface area contributed by atoms with Crippen molar-refractivity contribution in [3.05, 3.63) is 58.6 Å². The van der Waals surface area contributed by atoms with Crippen LogP contribution in [0.1, 0.15) is 18.5 Å². The highest BCUT2D eigenvalue weighted by molar-refractivity contribution is 9.10. The second-order valence-corrected chi connectivity index (χ2v) is 5.31. The average Bonchev–Trinajstić information content (AvgIpc) is 2.45. The van der Waals surface area contributed by atoms with E-state index in [1.165, 1.54) is 5.56 Å². The first-order chi connectivity index (χ1) is 9.69. The molecule has 2 aromatic rings. The van der Waals surface area contributed by atoms with Crippen molar-refractivity contribution >= 4 is 21.6 Å². The summed E-state index contributed by atoms with van der Waals surface area (Å²) in [4.78, 5) is 0. The van der Waals surface area contributed by atoms with Crippen LogP contribution in [0, 0.1) is 11.3 Å². The molecule has 0 heterocycles. The molecule has 0 aromatic heterocycles. The first-order valence-electron chi connectivity index (χ1n) is 6.31. The van der Waals surface area contributed by atoms with Crippen LogP contribution < -0.4 is 10.1 Å². The molecule has 0 saturated carbocycles. The second-order valence-electron chi connectivity index (χ2n) is 4.40. The molecular weight excluding hydrogens is 316 g/mol. The number of hydrogen-bond acceptors (Lipinski definition) is 3. The van der Waals surface area contributed by atoms with Gasteiger partial charge in [0.15, 0.2) is 6.61 Å². The number of anilines is 1. The van der Waals surface area contributed by atoms with Gasteiger partial charge in [-0.25, -0.2) is 0 Å². The molecule has 0 radical (unpaired) electrons. The fourth-order valence-electron chi connectivity index (χ4n) is 1.90. The molecule has 4 heteroatoms. The summed E-state index contributed by atoms with van der Waals surface area (Å²) in [6.45, 7) is 2.16. The zero-order valence-corrected chi connectivity index (χ0v) is 12.7. The van der Waals surface area contributed by atoms with Crippen molar-refractivity contribution in [1.82, 2.24) is 0 Å². The molecule has 1 atom stereocenters. The maximum absolute atomic E-state index is 8.52. The molecule has 0 spiro atoms. The summed E-state index contributed by atoms with van der Waals surface area (Å²) in [5, 5.41) is 11.9. The van der Waals surface area contributed by atoms with E-state index in [1.807, 2.05) is 42.5 Å². The van der Waals surface area contributed by atoms with Gasteiger partial charge in [-0.2, -0.15) is 5.26 Å². The van der Waals surface area contributed by atoms with E-state index in [1.54, 1.807) is 0 Å². The Labute approximate surface area is 127 Å². The normalized spacial score (nSPS) is 11.4. The zero-order valence-electron chi connectivity index (χ0n) is 11.1. The van der Waals surface area contributed by atoms with Crippen molar-refractivity contribution in [2.24, 2.45) is 0 Å². The molecule has 0 fully saturated rings. The summed E-state index contributed by atoms with van der Waals surface area (Å²) in [5.74, 6) is 0.693. The lowest BCUT2D eigenvalue weighted by Crippen LogP contribution is -2.06. The van der Waals surface area contributed by atoms with E-state index in [4.69, 9.17) is 10.00 Å². The Morgan fingerprint density at radius 2 is 2.05 bits per heavy atom. The fourth-order valence-corrected chi connectivity index (χ4v) is 2.32. The first kappa shape index (κ1) is 14.4. The molecule has 0 saturated heterocycles. The van der Waals surface area contributed by atoms with Crippen LogP contribution in [0.3, 0.4) is 0 Å². The quantitative estimate of drug-likeness (QED) is 0.876. The van der Waals surface area contributed by atoms with E-state index in [0.717, 1.165) is 10.2 Å². The van der Waals surface area contributed by atoms with Crippen molar-refractivity contribution in [3.63, 3.8) is 0 Å². The van der Waals surface area contributed by atoms with Crippen LogP contribution in [0.25, 0.3) is 0 Å². The molecule has 3 nitrogen and oxygen atoms in total. The SMILES string of the molecule is CC(Nc1cccc(OCC#N)c1)c1cccc(Br)c1. The number of halogens is 1. The largest absolute Gasteiger partial charge is 0.479 e. The average molecular weight is 331 g/mol. The summed E-state index contributed by atoms with van der Waals surface area (Å²) in [6.07, 6.45) is 0. The number of benzene rings is 2. The predicted molar refractivity (Wildman–Crippen MR) is 83.7 cm³/mol. The number of nitriles is 1. The van der Waals surface area contributed by atoms with Crippen LogP contribution in [0.2, 0.25) is 0 Å². The lowest BCUT2D eigenvalue weighted by atomic mass is 10.1. The first-order valence-corrected chi connectivity index (χ1v) is 7.10. The third-order valence-corrected chi connectivity index (χ3v) is 3.36. The number of ether oxygens (including phenoxy) is 1. The predicted octanol–water partition coefficient (Wildman–Crippen LogP) is 4.52. The smallest absolute Gasteiger partial charge is 0.174 e. The Morgan fingerprint density at radius 3 is 2.80 bits per heavy atom. The molecule has 0 bridgehead atoms. The van der Waals surface area contributed by atoms with Gasteiger partial charge in [0.1, 0.15) is 11.8 Å². The monoisotopic (exact) mass is 330 g/mol. The highest BCUT2D eigenvalue weighted by Gasteiger charge is 2.06. The molecule has 20 heavy (non-hydrogen) atoms. The van der Waals surface area contributed by atoms with Gasteiger partial charge in [0.05, 0.1) is 0 Å². The van der Waals surface area contributed by atoms with E-state index in [9.17, 15) is 0 Å².